The Bertz CT molecular complexity index is 250. The van der Waals surface area contributed by atoms with E-state index in [0.29, 0.717) is 5.91 Å². The summed E-state index contributed by atoms with van der Waals surface area (Å²) in [6, 6.07) is 0.0918. The number of hydrogen-bond acceptors (Lipinski definition) is 2. The Morgan fingerprint density at radius 2 is 2.12 bits per heavy atom. The minimum absolute atomic E-state index is 0.0918. The average molecular weight is 224 g/mol. The molecular formula is C13H24N2O. The molecule has 1 amide bonds. The quantitative estimate of drug-likeness (QED) is 0.749. The van der Waals surface area contributed by atoms with Crippen molar-refractivity contribution in [3.63, 3.8) is 0 Å². The molecule has 0 bridgehead atoms. The lowest BCUT2D eigenvalue weighted by molar-refractivity contribution is -0.130. The maximum Gasteiger partial charge on any atom is 0.241 e. The molecular weight excluding hydrogens is 200 g/mol. The van der Waals surface area contributed by atoms with Crippen LogP contribution in [0.5, 0.6) is 0 Å². The van der Waals surface area contributed by atoms with Crippen LogP contribution >= 0.6 is 0 Å². The molecule has 2 atom stereocenters. The van der Waals surface area contributed by atoms with Gasteiger partial charge < -0.3 is 4.90 Å². The zero-order chi connectivity index (χ0) is 11.5. The van der Waals surface area contributed by atoms with Gasteiger partial charge in [-0.05, 0) is 25.7 Å². The van der Waals surface area contributed by atoms with Gasteiger partial charge in [0.05, 0.1) is 12.2 Å². The summed E-state index contributed by atoms with van der Waals surface area (Å²) in [5.41, 5.74) is 0. The van der Waals surface area contributed by atoms with Crippen molar-refractivity contribution in [2.75, 3.05) is 6.54 Å². The number of hydrogen-bond donors (Lipinski definition) is 1. The number of carbonyl (C=O) groups is 1. The molecule has 0 aromatic heterocycles. The highest BCUT2D eigenvalue weighted by atomic mass is 16.2. The molecule has 16 heavy (non-hydrogen) atoms. The molecule has 2 aliphatic rings. The summed E-state index contributed by atoms with van der Waals surface area (Å²) in [6.07, 6.45) is 7.52. The Morgan fingerprint density at radius 3 is 2.75 bits per heavy atom. The zero-order valence-electron chi connectivity index (χ0n) is 10.5. The predicted octanol–water partition coefficient (Wildman–Crippen LogP) is 2.12. The van der Waals surface area contributed by atoms with Gasteiger partial charge in [0, 0.05) is 6.54 Å². The molecule has 1 heterocycles. The standard InChI is InChI=1S/C13H24N2O/c1-3-4-5-12-13(16)15(10(2)14-12)9-8-11-6-7-11/h10-12,14H,3-9H2,1-2H3. The fraction of sp³-hybridized carbons (Fsp3) is 0.923. The van der Waals surface area contributed by atoms with E-state index in [1.165, 1.54) is 25.7 Å². The van der Waals surface area contributed by atoms with Gasteiger partial charge in [0.1, 0.15) is 0 Å². The smallest absolute Gasteiger partial charge is 0.241 e. The third kappa shape index (κ3) is 2.76. The third-order valence-corrected chi connectivity index (χ3v) is 3.81. The molecule has 2 fully saturated rings. The van der Waals surface area contributed by atoms with Crippen LogP contribution in [-0.4, -0.2) is 29.6 Å². The van der Waals surface area contributed by atoms with Gasteiger partial charge >= 0.3 is 0 Å². The van der Waals surface area contributed by atoms with Crippen molar-refractivity contribution in [1.82, 2.24) is 10.2 Å². The van der Waals surface area contributed by atoms with Gasteiger partial charge in [-0.2, -0.15) is 0 Å². The minimum Gasteiger partial charge on any atom is -0.326 e. The van der Waals surface area contributed by atoms with Crippen molar-refractivity contribution in [2.45, 2.75) is 64.6 Å². The van der Waals surface area contributed by atoms with Crippen LogP contribution in [0.15, 0.2) is 0 Å². The number of unbranched alkanes of at least 4 members (excludes halogenated alkanes) is 1. The first kappa shape index (κ1) is 11.9. The number of carbonyl (C=O) groups excluding carboxylic acids is 1. The monoisotopic (exact) mass is 224 g/mol. The topological polar surface area (TPSA) is 32.3 Å². The Morgan fingerprint density at radius 1 is 1.38 bits per heavy atom. The fourth-order valence-corrected chi connectivity index (χ4v) is 2.49. The summed E-state index contributed by atoms with van der Waals surface area (Å²) in [6.45, 7) is 5.24. The fourth-order valence-electron chi connectivity index (χ4n) is 2.49. The second-order valence-corrected chi connectivity index (χ2v) is 5.30. The number of nitrogens with zero attached hydrogens (tertiary/aromatic N) is 1. The Labute approximate surface area is 98.6 Å². The Hall–Kier alpha value is -0.570. The molecule has 3 nitrogen and oxygen atoms in total. The first-order chi connectivity index (χ1) is 7.72. The van der Waals surface area contributed by atoms with Crippen LogP contribution in [0, 0.1) is 5.92 Å². The summed E-state index contributed by atoms with van der Waals surface area (Å²) in [4.78, 5) is 14.2. The average Bonchev–Trinajstić information content (AvgIpc) is 3.03. The zero-order valence-corrected chi connectivity index (χ0v) is 10.5. The van der Waals surface area contributed by atoms with E-state index in [1.807, 2.05) is 4.90 Å². The van der Waals surface area contributed by atoms with Crippen molar-refractivity contribution >= 4 is 5.91 Å². The molecule has 3 heteroatoms. The van der Waals surface area contributed by atoms with Crippen LogP contribution < -0.4 is 5.32 Å². The molecule has 0 aromatic carbocycles. The molecule has 1 N–H and O–H groups in total. The maximum absolute atomic E-state index is 12.1. The van der Waals surface area contributed by atoms with Crippen molar-refractivity contribution in [3.8, 4) is 0 Å². The first-order valence-corrected chi connectivity index (χ1v) is 6.79. The minimum atomic E-state index is 0.0918. The third-order valence-electron chi connectivity index (χ3n) is 3.81. The SMILES string of the molecule is CCCCC1NC(C)N(CCC2CC2)C1=O. The lowest BCUT2D eigenvalue weighted by Gasteiger charge is -2.20. The van der Waals surface area contributed by atoms with Gasteiger partial charge in [0.15, 0.2) is 0 Å². The van der Waals surface area contributed by atoms with Gasteiger partial charge in [0.25, 0.3) is 0 Å². The second-order valence-electron chi connectivity index (χ2n) is 5.30. The van der Waals surface area contributed by atoms with E-state index in [1.54, 1.807) is 0 Å². The summed E-state index contributed by atoms with van der Waals surface area (Å²) in [5.74, 6) is 1.25. The maximum atomic E-state index is 12.1. The molecule has 1 aliphatic carbocycles. The highest BCUT2D eigenvalue weighted by Gasteiger charge is 2.36. The summed E-state index contributed by atoms with van der Waals surface area (Å²) in [7, 11) is 0. The molecule has 2 rings (SSSR count). The highest BCUT2D eigenvalue weighted by molar-refractivity contribution is 5.84. The molecule has 0 radical (unpaired) electrons. The lowest BCUT2D eigenvalue weighted by Crippen LogP contribution is -2.35. The van der Waals surface area contributed by atoms with Gasteiger partial charge in [-0.1, -0.05) is 32.6 Å². The largest absolute Gasteiger partial charge is 0.326 e. The number of rotatable bonds is 6. The summed E-state index contributed by atoms with van der Waals surface area (Å²) < 4.78 is 0. The van der Waals surface area contributed by atoms with Crippen LogP contribution in [-0.2, 0) is 4.79 Å². The first-order valence-electron chi connectivity index (χ1n) is 6.79. The predicted molar refractivity (Wildman–Crippen MR) is 65.0 cm³/mol. The molecule has 1 aliphatic heterocycles. The van der Waals surface area contributed by atoms with E-state index >= 15 is 0 Å². The molecule has 1 saturated carbocycles. The molecule has 0 spiro atoms. The van der Waals surface area contributed by atoms with Crippen molar-refractivity contribution < 1.29 is 4.79 Å². The van der Waals surface area contributed by atoms with Crippen LogP contribution in [0.4, 0.5) is 0 Å². The van der Waals surface area contributed by atoms with Gasteiger partial charge in [0.2, 0.25) is 5.91 Å². The normalized spacial score (nSPS) is 30.1. The molecule has 0 aromatic rings. The van der Waals surface area contributed by atoms with E-state index in [9.17, 15) is 4.79 Å². The van der Waals surface area contributed by atoms with Gasteiger partial charge in [-0.3, -0.25) is 10.1 Å². The van der Waals surface area contributed by atoms with Crippen LogP contribution in [0.1, 0.15) is 52.4 Å². The van der Waals surface area contributed by atoms with E-state index < -0.39 is 0 Å². The molecule has 1 saturated heterocycles. The van der Waals surface area contributed by atoms with E-state index in [-0.39, 0.29) is 12.2 Å². The Kier molecular flexibility index (Phi) is 3.85. The number of amides is 1. The van der Waals surface area contributed by atoms with Crippen molar-refractivity contribution in [2.24, 2.45) is 5.92 Å². The van der Waals surface area contributed by atoms with E-state index in [4.69, 9.17) is 0 Å². The molecule has 2 unspecified atom stereocenters. The summed E-state index contributed by atoms with van der Waals surface area (Å²) in [5, 5.41) is 3.41. The lowest BCUT2D eigenvalue weighted by atomic mass is 10.1. The van der Waals surface area contributed by atoms with Crippen LogP contribution in [0.25, 0.3) is 0 Å². The van der Waals surface area contributed by atoms with Crippen molar-refractivity contribution in [3.05, 3.63) is 0 Å². The van der Waals surface area contributed by atoms with E-state index in [0.717, 1.165) is 25.3 Å². The molecule has 92 valence electrons. The van der Waals surface area contributed by atoms with E-state index in [2.05, 4.69) is 19.2 Å². The second kappa shape index (κ2) is 5.17. The summed E-state index contributed by atoms with van der Waals surface area (Å²) >= 11 is 0. The Balaban J connectivity index is 1.80. The van der Waals surface area contributed by atoms with Crippen LogP contribution in [0.3, 0.4) is 0 Å². The highest BCUT2D eigenvalue weighted by Crippen LogP contribution is 2.33. The van der Waals surface area contributed by atoms with Crippen molar-refractivity contribution in [1.29, 1.82) is 0 Å². The van der Waals surface area contributed by atoms with Gasteiger partial charge in [-0.25, -0.2) is 0 Å². The van der Waals surface area contributed by atoms with Crippen LogP contribution in [0.2, 0.25) is 0 Å². The number of nitrogens with one attached hydrogen (secondary N) is 1. The van der Waals surface area contributed by atoms with Gasteiger partial charge in [-0.15, -0.1) is 0 Å².